The monoisotopic (exact) mass is 406 g/mol. The van der Waals surface area contributed by atoms with Crippen molar-refractivity contribution >= 4 is 23.2 Å². The average molecular weight is 407 g/mol. The summed E-state index contributed by atoms with van der Waals surface area (Å²) in [5.41, 5.74) is 4.26. The molecule has 6 heteroatoms. The summed E-state index contributed by atoms with van der Waals surface area (Å²) in [4.78, 5) is 26.7. The van der Waals surface area contributed by atoms with Crippen LogP contribution in [0.3, 0.4) is 0 Å². The van der Waals surface area contributed by atoms with Gasteiger partial charge < -0.3 is 10.2 Å². The molecule has 0 atom stereocenters. The van der Waals surface area contributed by atoms with Crippen molar-refractivity contribution in [3.63, 3.8) is 0 Å². The van der Waals surface area contributed by atoms with E-state index in [-0.39, 0.29) is 18.2 Å². The van der Waals surface area contributed by atoms with E-state index in [0.717, 1.165) is 30.1 Å². The van der Waals surface area contributed by atoms with Crippen LogP contribution < -0.4 is 10.2 Å². The minimum Gasteiger partial charge on any atom is -0.370 e. The fraction of sp³-hybridized carbons (Fsp3) is 0.375. The van der Waals surface area contributed by atoms with Gasteiger partial charge in [0.05, 0.1) is 12.3 Å². The quantitative estimate of drug-likeness (QED) is 0.695. The van der Waals surface area contributed by atoms with Gasteiger partial charge in [0, 0.05) is 44.6 Å². The Morgan fingerprint density at radius 2 is 1.83 bits per heavy atom. The van der Waals surface area contributed by atoms with E-state index >= 15 is 0 Å². The van der Waals surface area contributed by atoms with Gasteiger partial charge in [-0.15, -0.1) is 0 Å². The van der Waals surface area contributed by atoms with Gasteiger partial charge in [-0.2, -0.15) is 5.10 Å². The van der Waals surface area contributed by atoms with Gasteiger partial charge in [0.25, 0.3) is 0 Å². The zero-order chi connectivity index (χ0) is 21.3. The number of nitrogens with zero attached hydrogens (tertiary/aromatic N) is 3. The third-order valence-corrected chi connectivity index (χ3v) is 5.25. The van der Waals surface area contributed by atoms with Crippen molar-refractivity contribution in [1.82, 2.24) is 10.3 Å². The van der Waals surface area contributed by atoms with Gasteiger partial charge in [0.2, 0.25) is 11.8 Å². The Bertz CT molecular complexity index is 878. The van der Waals surface area contributed by atoms with Crippen LogP contribution in [0.15, 0.2) is 59.7 Å². The Morgan fingerprint density at radius 3 is 2.53 bits per heavy atom. The number of anilines is 1. The molecule has 6 nitrogen and oxygen atoms in total. The molecule has 0 saturated carbocycles. The van der Waals surface area contributed by atoms with Gasteiger partial charge in [0.15, 0.2) is 0 Å². The Hall–Kier alpha value is -3.15. The minimum absolute atomic E-state index is 0.0279. The Morgan fingerprint density at radius 1 is 1.10 bits per heavy atom. The first-order valence-corrected chi connectivity index (χ1v) is 10.6. The molecule has 1 aliphatic rings. The molecule has 0 radical (unpaired) electrons. The van der Waals surface area contributed by atoms with Crippen molar-refractivity contribution in [1.29, 1.82) is 0 Å². The van der Waals surface area contributed by atoms with E-state index in [1.54, 1.807) is 0 Å². The number of para-hydroxylation sites is 1. The van der Waals surface area contributed by atoms with E-state index in [0.29, 0.717) is 25.9 Å². The lowest BCUT2D eigenvalue weighted by molar-refractivity contribution is -0.132. The van der Waals surface area contributed by atoms with Crippen LogP contribution in [0.25, 0.3) is 0 Å². The van der Waals surface area contributed by atoms with Crippen LogP contribution in [-0.4, -0.2) is 48.7 Å². The number of carbonyl (C=O) groups is 2. The molecule has 158 valence electrons. The first-order valence-electron chi connectivity index (χ1n) is 10.6. The van der Waals surface area contributed by atoms with Gasteiger partial charge >= 0.3 is 0 Å². The Kier molecular flexibility index (Phi) is 7.60. The van der Waals surface area contributed by atoms with E-state index in [9.17, 15) is 9.59 Å². The summed E-state index contributed by atoms with van der Waals surface area (Å²) in [6.45, 7) is 6.62. The topological polar surface area (TPSA) is 65.0 Å². The SMILES string of the molecule is CCN(CCNC(=O)CCN1N=C(c2ccc(C)cc2)CCC1=O)c1ccccc1. The van der Waals surface area contributed by atoms with Crippen molar-refractivity contribution < 1.29 is 9.59 Å². The molecule has 0 saturated heterocycles. The minimum atomic E-state index is -0.0652. The smallest absolute Gasteiger partial charge is 0.243 e. The van der Waals surface area contributed by atoms with E-state index in [1.807, 2.05) is 49.4 Å². The molecule has 0 aromatic heterocycles. The molecule has 0 aliphatic carbocycles. The summed E-state index contributed by atoms with van der Waals surface area (Å²) in [5.74, 6) is -0.0931. The van der Waals surface area contributed by atoms with Gasteiger partial charge in [-0.1, -0.05) is 48.0 Å². The number of hydrazone groups is 1. The number of benzene rings is 2. The molecule has 1 aliphatic heterocycles. The molecule has 0 unspecified atom stereocenters. The molecule has 1 heterocycles. The van der Waals surface area contributed by atoms with E-state index in [2.05, 4.69) is 34.4 Å². The standard InChI is InChI=1S/C24H30N4O2/c1-3-27(21-7-5-4-6-8-21)18-16-25-23(29)15-17-28-24(30)14-13-22(26-28)20-11-9-19(2)10-12-20/h4-12H,3,13-18H2,1-2H3,(H,25,29). The lowest BCUT2D eigenvalue weighted by atomic mass is 10.0. The van der Waals surface area contributed by atoms with Gasteiger partial charge in [0.1, 0.15) is 0 Å². The number of likely N-dealkylation sites (N-methyl/N-ethyl adjacent to an activating group) is 1. The van der Waals surface area contributed by atoms with E-state index < -0.39 is 0 Å². The number of rotatable bonds is 9. The fourth-order valence-electron chi connectivity index (χ4n) is 3.46. The van der Waals surface area contributed by atoms with Crippen molar-refractivity contribution in [3.05, 3.63) is 65.7 Å². The predicted molar refractivity (Wildman–Crippen MR) is 121 cm³/mol. The van der Waals surface area contributed by atoms with Gasteiger partial charge in [-0.25, -0.2) is 5.01 Å². The summed E-state index contributed by atoms with van der Waals surface area (Å²) >= 11 is 0. The molecule has 30 heavy (non-hydrogen) atoms. The fourth-order valence-corrected chi connectivity index (χ4v) is 3.46. The third-order valence-electron chi connectivity index (χ3n) is 5.25. The molecule has 2 aromatic rings. The number of hydrogen-bond acceptors (Lipinski definition) is 4. The molecule has 1 N–H and O–H groups in total. The van der Waals surface area contributed by atoms with E-state index in [4.69, 9.17) is 0 Å². The highest BCUT2D eigenvalue weighted by molar-refractivity contribution is 6.04. The molecule has 2 amide bonds. The predicted octanol–water partition coefficient (Wildman–Crippen LogP) is 3.35. The molecule has 3 rings (SSSR count). The van der Waals surface area contributed by atoms with Crippen molar-refractivity contribution in [2.75, 3.05) is 31.1 Å². The van der Waals surface area contributed by atoms with Crippen LogP contribution in [0.5, 0.6) is 0 Å². The third kappa shape index (κ3) is 5.92. The second-order valence-corrected chi connectivity index (χ2v) is 7.44. The summed E-state index contributed by atoms with van der Waals surface area (Å²) in [5, 5.41) is 8.91. The molecule has 0 spiro atoms. The number of amides is 2. The van der Waals surface area contributed by atoms with Crippen LogP contribution in [0.4, 0.5) is 5.69 Å². The van der Waals surface area contributed by atoms with Gasteiger partial charge in [-0.3, -0.25) is 9.59 Å². The molecule has 0 fully saturated rings. The van der Waals surface area contributed by atoms with E-state index in [1.165, 1.54) is 10.6 Å². The molecular weight excluding hydrogens is 376 g/mol. The molecule has 2 aromatic carbocycles. The average Bonchev–Trinajstić information content (AvgIpc) is 2.77. The second kappa shape index (κ2) is 10.6. The number of carbonyl (C=O) groups excluding carboxylic acids is 2. The van der Waals surface area contributed by atoms with Crippen LogP contribution in [0.2, 0.25) is 0 Å². The molecular formula is C24H30N4O2. The van der Waals surface area contributed by atoms with Crippen LogP contribution >= 0.6 is 0 Å². The Labute approximate surface area is 178 Å². The van der Waals surface area contributed by atoms with Crippen LogP contribution in [-0.2, 0) is 9.59 Å². The van der Waals surface area contributed by atoms with Crippen molar-refractivity contribution in [3.8, 4) is 0 Å². The lowest BCUT2D eigenvalue weighted by Crippen LogP contribution is -2.38. The van der Waals surface area contributed by atoms with Crippen LogP contribution in [0, 0.1) is 6.92 Å². The summed E-state index contributed by atoms with van der Waals surface area (Å²) in [6.07, 6.45) is 1.31. The highest BCUT2D eigenvalue weighted by Gasteiger charge is 2.21. The zero-order valence-corrected chi connectivity index (χ0v) is 17.8. The second-order valence-electron chi connectivity index (χ2n) is 7.44. The number of nitrogens with one attached hydrogen (secondary N) is 1. The first-order chi connectivity index (χ1) is 14.6. The zero-order valence-electron chi connectivity index (χ0n) is 17.8. The lowest BCUT2D eigenvalue weighted by Gasteiger charge is -2.24. The van der Waals surface area contributed by atoms with Crippen LogP contribution in [0.1, 0.15) is 37.3 Å². The highest BCUT2D eigenvalue weighted by Crippen LogP contribution is 2.16. The first kappa shape index (κ1) is 21.6. The maximum Gasteiger partial charge on any atom is 0.243 e. The summed E-state index contributed by atoms with van der Waals surface area (Å²) in [6, 6.07) is 18.3. The highest BCUT2D eigenvalue weighted by atomic mass is 16.2. The van der Waals surface area contributed by atoms with Crippen molar-refractivity contribution in [2.45, 2.75) is 33.1 Å². The summed E-state index contributed by atoms with van der Waals surface area (Å²) in [7, 11) is 0. The van der Waals surface area contributed by atoms with Gasteiger partial charge in [-0.05, 0) is 31.5 Å². The molecule has 0 bridgehead atoms. The number of hydrogen-bond donors (Lipinski definition) is 1. The maximum atomic E-state index is 12.3. The Balaban J connectivity index is 1.48. The summed E-state index contributed by atoms with van der Waals surface area (Å²) < 4.78 is 0. The maximum absolute atomic E-state index is 12.3. The van der Waals surface area contributed by atoms with Crippen molar-refractivity contribution in [2.24, 2.45) is 5.10 Å². The normalized spacial score (nSPS) is 13.7. The largest absolute Gasteiger partial charge is 0.370 e. The number of aryl methyl sites for hydroxylation is 1.